The van der Waals surface area contributed by atoms with Crippen molar-refractivity contribution in [1.82, 2.24) is 10.2 Å². The van der Waals surface area contributed by atoms with Crippen LogP contribution in [0.5, 0.6) is 17.2 Å². The number of hydrogen-bond acceptors (Lipinski definition) is 6. The molecule has 3 saturated heterocycles. The van der Waals surface area contributed by atoms with Crippen LogP contribution in [0.3, 0.4) is 0 Å². The van der Waals surface area contributed by atoms with Crippen molar-refractivity contribution in [2.24, 2.45) is 11.3 Å². The molecule has 1 unspecified atom stereocenters. The number of nitrogens with one attached hydrogen (secondary N) is 1. The Labute approximate surface area is 207 Å². The summed E-state index contributed by atoms with van der Waals surface area (Å²) in [5.41, 5.74) is 2.53. The number of alkyl carbamates (subject to hydrolysis) is 1. The summed E-state index contributed by atoms with van der Waals surface area (Å²) in [5.74, 6) is 2.78. The van der Waals surface area contributed by atoms with Gasteiger partial charge in [0.25, 0.3) is 0 Å². The normalized spacial score (nSPS) is 26.3. The third kappa shape index (κ3) is 4.79. The van der Waals surface area contributed by atoms with Crippen LogP contribution in [0.1, 0.15) is 45.2 Å². The number of hydrogen-bond donors (Lipinski definition) is 1. The molecular formula is C28H36N2O5. The Morgan fingerprint density at radius 1 is 1.17 bits per heavy atom. The van der Waals surface area contributed by atoms with E-state index in [1.165, 1.54) is 0 Å². The van der Waals surface area contributed by atoms with Crippen LogP contribution in [-0.4, -0.2) is 57.1 Å². The van der Waals surface area contributed by atoms with Crippen LogP contribution in [-0.2, 0) is 4.74 Å². The van der Waals surface area contributed by atoms with Gasteiger partial charge < -0.3 is 24.3 Å². The molecule has 6 rings (SSSR count). The molecule has 2 bridgehead atoms. The molecule has 2 atom stereocenters. The standard InChI is InChI=1S/C28H36N2O5/c1-5-33-20-8-6-18(7-9-20)21-14-24-22(15-23(21)32-4)26(28(2,3)17-34-24)29-27(31)35-25-16-30-12-10-19(25)11-13-30/h6-9,14-15,19,25-26H,5,10-13,16-17H2,1-4H3,(H,29,31)/t25-,26?/m1/s1. The molecule has 4 aliphatic heterocycles. The van der Waals surface area contributed by atoms with Gasteiger partial charge in [0.05, 0.1) is 26.4 Å². The number of benzene rings is 2. The summed E-state index contributed by atoms with van der Waals surface area (Å²) in [5, 5.41) is 3.17. The lowest BCUT2D eigenvalue weighted by Gasteiger charge is -2.44. The van der Waals surface area contributed by atoms with Crippen molar-refractivity contribution < 1.29 is 23.7 Å². The Morgan fingerprint density at radius 2 is 1.91 bits per heavy atom. The molecule has 4 heterocycles. The van der Waals surface area contributed by atoms with E-state index in [1.54, 1.807) is 7.11 Å². The highest BCUT2D eigenvalue weighted by molar-refractivity contribution is 5.75. The number of rotatable bonds is 6. The van der Waals surface area contributed by atoms with Gasteiger partial charge in [0.15, 0.2) is 0 Å². The SMILES string of the molecule is CCOc1ccc(-c2cc3c(cc2OC)C(NC(=O)O[C@@H]2CN4CCC2CC4)C(C)(C)CO3)cc1. The summed E-state index contributed by atoms with van der Waals surface area (Å²) < 4.78 is 23.5. The van der Waals surface area contributed by atoms with Crippen molar-refractivity contribution in [3.63, 3.8) is 0 Å². The molecule has 2 aromatic carbocycles. The van der Waals surface area contributed by atoms with Crippen LogP contribution in [0.4, 0.5) is 4.79 Å². The highest BCUT2D eigenvalue weighted by atomic mass is 16.6. The zero-order chi connectivity index (χ0) is 24.6. The zero-order valence-corrected chi connectivity index (χ0v) is 21.1. The monoisotopic (exact) mass is 480 g/mol. The van der Waals surface area contributed by atoms with E-state index in [0.717, 1.165) is 66.4 Å². The molecule has 0 spiro atoms. The minimum atomic E-state index is -0.357. The Kier molecular flexibility index (Phi) is 6.53. The summed E-state index contributed by atoms with van der Waals surface area (Å²) in [6.07, 6.45) is 1.82. The zero-order valence-electron chi connectivity index (χ0n) is 21.1. The molecule has 3 fully saturated rings. The second-order valence-corrected chi connectivity index (χ2v) is 10.5. The number of methoxy groups -OCH3 is 1. The fraction of sp³-hybridized carbons (Fsp3) is 0.536. The van der Waals surface area contributed by atoms with Gasteiger partial charge in [0.2, 0.25) is 0 Å². The number of piperidine rings is 3. The number of fused-ring (bicyclic) bond motifs is 4. The molecular weight excluding hydrogens is 444 g/mol. The molecule has 0 aliphatic carbocycles. The topological polar surface area (TPSA) is 69.3 Å². The van der Waals surface area contributed by atoms with E-state index in [-0.39, 0.29) is 23.7 Å². The fourth-order valence-electron chi connectivity index (χ4n) is 5.59. The van der Waals surface area contributed by atoms with E-state index < -0.39 is 0 Å². The van der Waals surface area contributed by atoms with Gasteiger partial charge in [-0.3, -0.25) is 4.90 Å². The maximum atomic E-state index is 13.0. The molecule has 0 saturated carbocycles. The molecule has 1 amide bonds. The van der Waals surface area contributed by atoms with Crippen LogP contribution in [0, 0.1) is 11.3 Å². The highest BCUT2D eigenvalue weighted by Crippen LogP contribution is 2.47. The lowest BCUT2D eigenvalue weighted by molar-refractivity contribution is -0.0361. The second-order valence-electron chi connectivity index (χ2n) is 10.5. The van der Waals surface area contributed by atoms with E-state index in [2.05, 4.69) is 24.1 Å². The van der Waals surface area contributed by atoms with Gasteiger partial charge in [0.1, 0.15) is 23.4 Å². The Morgan fingerprint density at radius 3 is 2.54 bits per heavy atom. The molecule has 35 heavy (non-hydrogen) atoms. The van der Waals surface area contributed by atoms with Crippen molar-refractivity contribution in [2.75, 3.05) is 40.0 Å². The number of carbonyl (C=O) groups excluding carboxylic acids is 1. The summed E-state index contributed by atoms with van der Waals surface area (Å²) in [7, 11) is 1.67. The van der Waals surface area contributed by atoms with Crippen LogP contribution in [0.15, 0.2) is 36.4 Å². The number of nitrogens with zero attached hydrogens (tertiary/aromatic N) is 1. The van der Waals surface area contributed by atoms with Crippen molar-refractivity contribution in [2.45, 2.75) is 45.8 Å². The summed E-state index contributed by atoms with van der Waals surface area (Å²) in [6.45, 7) is 10.3. The van der Waals surface area contributed by atoms with E-state index in [0.29, 0.717) is 19.1 Å². The maximum Gasteiger partial charge on any atom is 0.407 e. The molecule has 1 N–H and O–H groups in total. The molecule has 7 nitrogen and oxygen atoms in total. The fourth-order valence-corrected chi connectivity index (χ4v) is 5.59. The van der Waals surface area contributed by atoms with Crippen LogP contribution in [0.2, 0.25) is 0 Å². The second kappa shape index (κ2) is 9.61. The molecule has 4 aliphatic rings. The number of amides is 1. The third-order valence-corrected chi connectivity index (χ3v) is 7.62. The van der Waals surface area contributed by atoms with Gasteiger partial charge in [-0.1, -0.05) is 26.0 Å². The third-order valence-electron chi connectivity index (χ3n) is 7.62. The van der Waals surface area contributed by atoms with E-state index in [4.69, 9.17) is 18.9 Å². The van der Waals surface area contributed by atoms with E-state index in [9.17, 15) is 4.79 Å². The lowest BCUT2D eigenvalue weighted by Crippen LogP contribution is -2.53. The minimum absolute atomic E-state index is 0.0310. The minimum Gasteiger partial charge on any atom is -0.496 e. The van der Waals surface area contributed by atoms with Gasteiger partial charge in [-0.05, 0) is 68.6 Å². The van der Waals surface area contributed by atoms with Crippen molar-refractivity contribution in [3.05, 3.63) is 42.0 Å². The molecule has 2 aromatic rings. The molecule has 0 aromatic heterocycles. The van der Waals surface area contributed by atoms with E-state index in [1.807, 2.05) is 43.3 Å². The quantitative estimate of drug-likeness (QED) is 0.625. The van der Waals surface area contributed by atoms with Crippen molar-refractivity contribution in [1.29, 1.82) is 0 Å². The maximum absolute atomic E-state index is 13.0. The number of carbonyl (C=O) groups is 1. The predicted octanol–water partition coefficient (Wildman–Crippen LogP) is 5.04. The predicted molar refractivity (Wildman–Crippen MR) is 134 cm³/mol. The largest absolute Gasteiger partial charge is 0.496 e. The van der Waals surface area contributed by atoms with Crippen LogP contribution >= 0.6 is 0 Å². The van der Waals surface area contributed by atoms with Gasteiger partial charge >= 0.3 is 6.09 Å². The smallest absolute Gasteiger partial charge is 0.407 e. The summed E-state index contributed by atoms with van der Waals surface area (Å²) in [6, 6.07) is 11.7. The van der Waals surface area contributed by atoms with Gasteiger partial charge in [0, 0.05) is 23.1 Å². The van der Waals surface area contributed by atoms with Crippen LogP contribution < -0.4 is 19.5 Å². The Balaban J connectivity index is 1.39. The summed E-state index contributed by atoms with van der Waals surface area (Å²) in [4.78, 5) is 15.4. The first-order valence-corrected chi connectivity index (χ1v) is 12.7. The van der Waals surface area contributed by atoms with Crippen LogP contribution in [0.25, 0.3) is 11.1 Å². The highest BCUT2D eigenvalue weighted by Gasteiger charge is 2.41. The molecule has 7 heteroatoms. The van der Waals surface area contributed by atoms with Crippen molar-refractivity contribution >= 4 is 6.09 Å². The average Bonchev–Trinajstić information content (AvgIpc) is 2.86. The first-order chi connectivity index (χ1) is 16.9. The lowest BCUT2D eigenvalue weighted by atomic mass is 9.78. The first-order valence-electron chi connectivity index (χ1n) is 12.7. The van der Waals surface area contributed by atoms with E-state index >= 15 is 0 Å². The van der Waals surface area contributed by atoms with Gasteiger partial charge in [-0.2, -0.15) is 0 Å². The average molecular weight is 481 g/mol. The Hall–Kier alpha value is -2.93. The van der Waals surface area contributed by atoms with Gasteiger partial charge in [-0.25, -0.2) is 4.79 Å². The van der Waals surface area contributed by atoms with Crippen molar-refractivity contribution in [3.8, 4) is 28.4 Å². The first kappa shape index (κ1) is 23.8. The number of ether oxygens (including phenoxy) is 4. The van der Waals surface area contributed by atoms with Gasteiger partial charge in [-0.15, -0.1) is 0 Å². The molecule has 188 valence electrons. The Bertz CT molecular complexity index is 1060. The molecule has 0 radical (unpaired) electrons. The summed E-state index contributed by atoms with van der Waals surface area (Å²) >= 11 is 0.